The molecule has 0 aromatic heterocycles. The van der Waals surface area contributed by atoms with Crippen LogP contribution < -0.4 is 5.32 Å². The van der Waals surface area contributed by atoms with Crippen LogP contribution in [0.25, 0.3) is 0 Å². The van der Waals surface area contributed by atoms with E-state index in [4.69, 9.17) is 0 Å². The van der Waals surface area contributed by atoms with Gasteiger partial charge in [-0.25, -0.2) is 0 Å². The largest absolute Gasteiger partial charge is 0.316 e. The molecule has 2 aliphatic heterocycles. The van der Waals surface area contributed by atoms with E-state index in [1.807, 2.05) is 0 Å². The minimum atomic E-state index is 0.953. The van der Waals surface area contributed by atoms with E-state index < -0.39 is 0 Å². The van der Waals surface area contributed by atoms with Crippen LogP contribution in [-0.2, 0) is 0 Å². The molecule has 3 rings (SSSR count). The number of nitrogens with zero attached hydrogens (tertiary/aromatic N) is 1. The molecule has 1 aliphatic carbocycles. The van der Waals surface area contributed by atoms with Crippen LogP contribution in [0.3, 0.4) is 0 Å². The van der Waals surface area contributed by atoms with Crippen LogP contribution in [0.4, 0.5) is 0 Å². The van der Waals surface area contributed by atoms with Crippen molar-refractivity contribution in [3.05, 3.63) is 0 Å². The molecule has 14 heavy (non-hydrogen) atoms. The Kier molecular flexibility index (Phi) is 2.50. The molecule has 0 spiro atoms. The van der Waals surface area contributed by atoms with Crippen molar-refractivity contribution in [2.75, 3.05) is 32.7 Å². The first-order valence-corrected chi connectivity index (χ1v) is 6.35. The Morgan fingerprint density at radius 2 is 1.86 bits per heavy atom. The van der Waals surface area contributed by atoms with Crippen LogP contribution in [0.15, 0.2) is 0 Å². The molecule has 2 heteroatoms. The Hall–Kier alpha value is -0.0800. The summed E-state index contributed by atoms with van der Waals surface area (Å²) < 4.78 is 0. The Labute approximate surface area is 87.0 Å². The zero-order chi connectivity index (χ0) is 9.38. The normalized spacial score (nSPS) is 43.3. The highest BCUT2D eigenvalue weighted by Crippen LogP contribution is 2.37. The van der Waals surface area contributed by atoms with Crippen LogP contribution in [-0.4, -0.2) is 37.6 Å². The lowest BCUT2D eigenvalue weighted by Crippen LogP contribution is -2.29. The van der Waals surface area contributed by atoms with E-state index in [1.165, 1.54) is 58.4 Å². The minimum Gasteiger partial charge on any atom is -0.316 e. The van der Waals surface area contributed by atoms with Crippen molar-refractivity contribution in [3.63, 3.8) is 0 Å². The lowest BCUT2D eigenvalue weighted by molar-refractivity contribution is 0.267. The summed E-state index contributed by atoms with van der Waals surface area (Å²) >= 11 is 0. The molecule has 80 valence electrons. The van der Waals surface area contributed by atoms with Crippen molar-refractivity contribution >= 4 is 0 Å². The Balaban J connectivity index is 1.50. The van der Waals surface area contributed by atoms with E-state index in [0.29, 0.717) is 0 Å². The maximum absolute atomic E-state index is 3.47. The molecule has 2 heterocycles. The minimum absolute atomic E-state index is 0.953. The van der Waals surface area contributed by atoms with Crippen molar-refractivity contribution in [1.29, 1.82) is 0 Å². The fourth-order valence-corrected chi connectivity index (χ4v) is 3.72. The van der Waals surface area contributed by atoms with Gasteiger partial charge in [0.05, 0.1) is 0 Å². The quantitative estimate of drug-likeness (QED) is 0.713. The van der Waals surface area contributed by atoms with Crippen molar-refractivity contribution < 1.29 is 0 Å². The molecule has 0 radical (unpaired) electrons. The Morgan fingerprint density at radius 3 is 2.50 bits per heavy atom. The SMILES string of the molecule is C1CC2CN(C[C@H]3CCNC3)CC2C1. The molecule has 3 aliphatic rings. The summed E-state index contributed by atoms with van der Waals surface area (Å²) in [5, 5.41) is 3.47. The number of hydrogen-bond acceptors (Lipinski definition) is 2. The summed E-state index contributed by atoms with van der Waals surface area (Å²) in [4.78, 5) is 2.74. The van der Waals surface area contributed by atoms with Gasteiger partial charge < -0.3 is 10.2 Å². The Morgan fingerprint density at radius 1 is 1.07 bits per heavy atom. The molecule has 3 fully saturated rings. The van der Waals surface area contributed by atoms with Gasteiger partial charge >= 0.3 is 0 Å². The standard InChI is InChI=1S/C12H22N2/c1-2-11-8-14(9-12(11)3-1)7-10-4-5-13-6-10/h10-13H,1-9H2/t10-,11?,12?/m0/s1. The highest BCUT2D eigenvalue weighted by atomic mass is 15.2. The average Bonchev–Trinajstić information content (AvgIpc) is 2.78. The third-order valence-corrected chi connectivity index (χ3v) is 4.48. The molecular weight excluding hydrogens is 172 g/mol. The van der Waals surface area contributed by atoms with Crippen LogP contribution in [0.2, 0.25) is 0 Å². The van der Waals surface area contributed by atoms with Gasteiger partial charge in [0.25, 0.3) is 0 Å². The molecule has 1 N–H and O–H groups in total. The number of fused-ring (bicyclic) bond motifs is 1. The summed E-state index contributed by atoms with van der Waals surface area (Å²) in [7, 11) is 0. The summed E-state index contributed by atoms with van der Waals surface area (Å²) in [5.74, 6) is 3.10. The number of rotatable bonds is 2. The summed E-state index contributed by atoms with van der Waals surface area (Å²) in [6.45, 7) is 6.74. The third-order valence-electron chi connectivity index (χ3n) is 4.48. The summed E-state index contributed by atoms with van der Waals surface area (Å²) in [6.07, 6.45) is 5.95. The van der Waals surface area contributed by atoms with Gasteiger partial charge in [0, 0.05) is 19.6 Å². The van der Waals surface area contributed by atoms with Crippen LogP contribution >= 0.6 is 0 Å². The molecule has 3 atom stereocenters. The van der Waals surface area contributed by atoms with Gasteiger partial charge in [0.1, 0.15) is 0 Å². The molecule has 2 saturated heterocycles. The highest BCUT2D eigenvalue weighted by Gasteiger charge is 2.36. The van der Waals surface area contributed by atoms with E-state index in [1.54, 1.807) is 0 Å². The van der Waals surface area contributed by atoms with Crippen LogP contribution in [0, 0.1) is 17.8 Å². The molecule has 2 unspecified atom stereocenters. The number of likely N-dealkylation sites (tertiary alicyclic amines) is 1. The fourth-order valence-electron chi connectivity index (χ4n) is 3.72. The topological polar surface area (TPSA) is 15.3 Å². The van der Waals surface area contributed by atoms with Gasteiger partial charge in [0.2, 0.25) is 0 Å². The van der Waals surface area contributed by atoms with Gasteiger partial charge in [-0.1, -0.05) is 6.42 Å². The first kappa shape index (κ1) is 9.17. The van der Waals surface area contributed by atoms with Crippen molar-refractivity contribution in [2.24, 2.45) is 17.8 Å². The van der Waals surface area contributed by atoms with E-state index in [2.05, 4.69) is 10.2 Å². The van der Waals surface area contributed by atoms with Gasteiger partial charge in [-0.05, 0) is 50.1 Å². The van der Waals surface area contributed by atoms with E-state index in [9.17, 15) is 0 Å². The van der Waals surface area contributed by atoms with Gasteiger partial charge in [-0.3, -0.25) is 0 Å². The molecule has 0 aromatic carbocycles. The van der Waals surface area contributed by atoms with Crippen molar-refractivity contribution in [2.45, 2.75) is 25.7 Å². The van der Waals surface area contributed by atoms with Gasteiger partial charge in [-0.15, -0.1) is 0 Å². The fraction of sp³-hybridized carbons (Fsp3) is 1.00. The zero-order valence-corrected chi connectivity index (χ0v) is 9.04. The predicted molar refractivity (Wildman–Crippen MR) is 58.2 cm³/mol. The lowest BCUT2D eigenvalue weighted by Gasteiger charge is -2.20. The summed E-state index contributed by atoms with van der Waals surface area (Å²) in [5.41, 5.74) is 0. The first-order valence-electron chi connectivity index (χ1n) is 6.35. The van der Waals surface area contributed by atoms with Crippen LogP contribution in [0.5, 0.6) is 0 Å². The third kappa shape index (κ3) is 1.70. The lowest BCUT2D eigenvalue weighted by atomic mass is 10.0. The summed E-state index contributed by atoms with van der Waals surface area (Å²) in [6, 6.07) is 0. The smallest absolute Gasteiger partial charge is 0.00225 e. The Bertz CT molecular complexity index is 186. The molecule has 1 saturated carbocycles. The maximum atomic E-state index is 3.47. The molecular formula is C12H22N2. The second kappa shape index (κ2) is 3.82. The second-order valence-corrected chi connectivity index (χ2v) is 5.53. The maximum Gasteiger partial charge on any atom is 0.00225 e. The number of nitrogens with one attached hydrogen (secondary N) is 1. The molecule has 0 amide bonds. The molecule has 0 bridgehead atoms. The van der Waals surface area contributed by atoms with Crippen molar-refractivity contribution in [1.82, 2.24) is 10.2 Å². The second-order valence-electron chi connectivity index (χ2n) is 5.53. The number of hydrogen-bond donors (Lipinski definition) is 1. The van der Waals surface area contributed by atoms with E-state index in [-0.39, 0.29) is 0 Å². The van der Waals surface area contributed by atoms with Gasteiger partial charge in [0.15, 0.2) is 0 Å². The molecule has 2 nitrogen and oxygen atoms in total. The predicted octanol–water partition coefficient (Wildman–Crippen LogP) is 1.33. The van der Waals surface area contributed by atoms with E-state index in [0.717, 1.165) is 17.8 Å². The highest BCUT2D eigenvalue weighted by molar-refractivity contribution is 4.89. The monoisotopic (exact) mass is 194 g/mol. The zero-order valence-electron chi connectivity index (χ0n) is 9.04. The first-order chi connectivity index (χ1) is 6.92. The van der Waals surface area contributed by atoms with Gasteiger partial charge in [-0.2, -0.15) is 0 Å². The average molecular weight is 194 g/mol. The van der Waals surface area contributed by atoms with Crippen molar-refractivity contribution in [3.8, 4) is 0 Å². The molecule has 0 aromatic rings. The van der Waals surface area contributed by atoms with E-state index >= 15 is 0 Å². The van der Waals surface area contributed by atoms with Crippen LogP contribution in [0.1, 0.15) is 25.7 Å².